The molecule has 1 aliphatic heterocycles. The van der Waals surface area contributed by atoms with Crippen LogP contribution in [0, 0.1) is 5.92 Å². The van der Waals surface area contributed by atoms with Crippen LogP contribution in [-0.4, -0.2) is 22.3 Å². The predicted octanol–water partition coefficient (Wildman–Crippen LogP) is 4.48. The Bertz CT molecular complexity index is 725. The molecule has 2 aromatic rings. The highest BCUT2D eigenvalue weighted by Crippen LogP contribution is 2.49. The molecule has 2 aromatic heterocycles. The number of hydrogen-bond acceptors (Lipinski definition) is 3. The normalized spacial score (nSPS) is 26.3. The predicted molar refractivity (Wildman–Crippen MR) is 96.1 cm³/mol. The molecule has 0 N–H and O–H groups in total. The highest BCUT2D eigenvalue weighted by atomic mass is 16.3. The standard InChI is InChI=1S/C21H26N2O2/c1-2-16-9-10-20(25-16)19-8-4-3-5-12-23(19)21(24)18-13-17(18)15-7-6-11-22-14-15/h6-7,9-11,14,17-19H,2-5,8,12-13H2,1H3. The smallest absolute Gasteiger partial charge is 0.226 e. The Balaban J connectivity index is 1.52. The average Bonchev–Trinajstić information content (AvgIpc) is 3.38. The first-order valence-corrected chi connectivity index (χ1v) is 9.57. The van der Waals surface area contributed by atoms with Crippen molar-refractivity contribution in [1.29, 1.82) is 0 Å². The summed E-state index contributed by atoms with van der Waals surface area (Å²) >= 11 is 0. The summed E-state index contributed by atoms with van der Waals surface area (Å²) < 4.78 is 6.02. The third kappa shape index (κ3) is 3.35. The van der Waals surface area contributed by atoms with Crippen molar-refractivity contribution in [2.24, 2.45) is 5.92 Å². The molecule has 25 heavy (non-hydrogen) atoms. The molecule has 0 radical (unpaired) electrons. The third-order valence-electron chi connectivity index (χ3n) is 5.62. The fraction of sp³-hybridized carbons (Fsp3) is 0.524. The molecule has 0 spiro atoms. The van der Waals surface area contributed by atoms with Gasteiger partial charge in [0.25, 0.3) is 0 Å². The number of furan rings is 1. The maximum Gasteiger partial charge on any atom is 0.226 e. The number of nitrogens with zero attached hydrogens (tertiary/aromatic N) is 2. The molecule has 0 aromatic carbocycles. The number of amides is 1. The van der Waals surface area contributed by atoms with Gasteiger partial charge in [0.1, 0.15) is 11.5 Å². The van der Waals surface area contributed by atoms with Gasteiger partial charge in [-0.25, -0.2) is 0 Å². The van der Waals surface area contributed by atoms with Gasteiger partial charge in [-0.3, -0.25) is 9.78 Å². The van der Waals surface area contributed by atoms with E-state index in [2.05, 4.69) is 35.0 Å². The van der Waals surface area contributed by atoms with Crippen LogP contribution in [0.25, 0.3) is 0 Å². The van der Waals surface area contributed by atoms with E-state index in [-0.39, 0.29) is 12.0 Å². The molecule has 3 heterocycles. The topological polar surface area (TPSA) is 46.3 Å². The van der Waals surface area contributed by atoms with Crippen LogP contribution in [0.5, 0.6) is 0 Å². The molecular weight excluding hydrogens is 312 g/mol. The second kappa shape index (κ2) is 7.03. The fourth-order valence-corrected chi connectivity index (χ4v) is 4.08. The molecule has 1 saturated heterocycles. The number of carbonyl (C=O) groups excluding carboxylic acids is 1. The van der Waals surface area contributed by atoms with E-state index >= 15 is 0 Å². The second-order valence-electron chi connectivity index (χ2n) is 7.29. The first kappa shape index (κ1) is 16.4. The summed E-state index contributed by atoms with van der Waals surface area (Å²) in [5, 5.41) is 0. The van der Waals surface area contributed by atoms with Gasteiger partial charge in [-0.1, -0.05) is 25.8 Å². The zero-order valence-corrected chi connectivity index (χ0v) is 14.9. The summed E-state index contributed by atoms with van der Waals surface area (Å²) in [7, 11) is 0. The zero-order chi connectivity index (χ0) is 17.2. The van der Waals surface area contributed by atoms with Crippen LogP contribution >= 0.6 is 0 Å². The van der Waals surface area contributed by atoms with E-state index in [1.165, 1.54) is 12.0 Å². The molecular formula is C21H26N2O2. The first-order valence-electron chi connectivity index (χ1n) is 9.57. The van der Waals surface area contributed by atoms with E-state index in [4.69, 9.17) is 4.42 Å². The van der Waals surface area contributed by atoms with Gasteiger partial charge in [0, 0.05) is 31.3 Å². The average molecular weight is 338 g/mol. The van der Waals surface area contributed by atoms with Crippen molar-refractivity contribution in [2.75, 3.05) is 6.54 Å². The Morgan fingerprint density at radius 1 is 1.28 bits per heavy atom. The largest absolute Gasteiger partial charge is 0.464 e. The third-order valence-corrected chi connectivity index (χ3v) is 5.62. The molecule has 2 aliphatic rings. The molecule has 3 unspecified atom stereocenters. The molecule has 1 amide bonds. The van der Waals surface area contributed by atoms with Crippen molar-refractivity contribution in [3.05, 3.63) is 53.7 Å². The van der Waals surface area contributed by atoms with Crippen molar-refractivity contribution in [1.82, 2.24) is 9.88 Å². The molecule has 4 rings (SSSR count). The molecule has 1 aliphatic carbocycles. The molecule has 1 saturated carbocycles. The lowest BCUT2D eigenvalue weighted by Gasteiger charge is -2.29. The van der Waals surface area contributed by atoms with E-state index in [9.17, 15) is 4.79 Å². The number of carbonyl (C=O) groups is 1. The van der Waals surface area contributed by atoms with Crippen LogP contribution in [0.2, 0.25) is 0 Å². The minimum absolute atomic E-state index is 0.102. The first-order chi connectivity index (χ1) is 12.3. The SMILES string of the molecule is CCc1ccc(C2CCCCCN2C(=O)C2CC2c2cccnc2)o1. The van der Waals surface area contributed by atoms with Crippen LogP contribution in [0.3, 0.4) is 0 Å². The van der Waals surface area contributed by atoms with E-state index < -0.39 is 0 Å². The Labute approximate surface area is 149 Å². The van der Waals surface area contributed by atoms with E-state index in [1.807, 2.05) is 12.3 Å². The lowest BCUT2D eigenvalue weighted by Crippen LogP contribution is -2.36. The highest BCUT2D eigenvalue weighted by molar-refractivity contribution is 5.83. The van der Waals surface area contributed by atoms with Crippen molar-refractivity contribution >= 4 is 5.91 Å². The molecule has 4 nitrogen and oxygen atoms in total. The quantitative estimate of drug-likeness (QED) is 0.825. The minimum atomic E-state index is 0.102. The van der Waals surface area contributed by atoms with Crippen LogP contribution in [0.15, 0.2) is 41.1 Å². The molecule has 2 fully saturated rings. The van der Waals surface area contributed by atoms with Gasteiger partial charge in [0.2, 0.25) is 5.91 Å². The van der Waals surface area contributed by atoms with Gasteiger partial charge in [0.15, 0.2) is 0 Å². The van der Waals surface area contributed by atoms with Gasteiger partial charge >= 0.3 is 0 Å². The monoisotopic (exact) mass is 338 g/mol. The van der Waals surface area contributed by atoms with Gasteiger partial charge in [-0.05, 0) is 48.9 Å². The van der Waals surface area contributed by atoms with E-state index in [0.29, 0.717) is 11.8 Å². The summed E-state index contributed by atoms with van der Waals surface area (Å²) in [5.74, 6) is 2.73. The van der Waals surface area contributed by atoms with Crippen molar-refractivity contribution in [3.63, 3.8) is 0 Å². The number of hydrogen-bond donors (Lipinski definition) is 0. The van der Waals surface area contributed by atoms with E-state index in [0.717, 1.165) is 50.2 Å². The Hall–Kier alpha value is -2.10. The van der Waals surface area contributed by atoms with E-state index in [1.54, 1.807) is 6.20 Å². The molecule has 3 atom stereocenters. The highest BCUT2D eigenvalue weighted by Gasteiger charge is 2.47. The second-order valence-corrected chi connectivity index (χ2v) is 7.29. The Morgan fingerprint density at radius 3 is 2.96 bits per heavy atom. The van der Waals surface area contributed by atoms with Gasteiger partial charge in [-0.15, -0.1) is 0 Å². The molecule has 4 heteroatoms. The fourth-order valence-electron chi connectivity index (χ4n) is 4.08. The lowest BCUT2D eigenvalue weighted by molar-refractivity contribution is -0.135. The summed E-state index contributed by atoms with van der Waals surface area (Å²) in [6.45, 7) is 2.95. The maximum atomic E-state index is 13.2. The minimum Gasteiger partial charge on any atom is -0.464 e. The molecule has 0 bridgehead atoms. The van der Waals surface area contributed by atoms with Crippen LogP contribution < -0.4 is 0 Å². The van der Waals surface area contributed by atoms with Crippen LogP contribution in [-0.2, 0) is 11.2 Å². The number of likely N-dealkylation sites (tertiary alicyclic amines) is 1. The maximum absolute atomic E-state index is 13.2. The summed E-state index contributed by atoms with van der Waals surface area (Å²) in [4.78, 5) is 19.5. The number of aromatic nitrogens is 1. The zero-order valence-electron chi connectivity index (χ0n) is 14.9. The van der Waals surface area contributed by atoms with Crippen LogP contribution in [0.1, 0.15) is 68.1 Å². The summed E-state index contributed by atoms with van der Waals surface area (Å²) in [6, 6.07) is 8.27. The lowest BCUT2D eigenvalue weighted by atomic mass is 10.1. The van der Waals surface area contributed by atoms with Crippen molar-refractivity contribution in [2.45, 2.75) is 57.4 Å². The van der Waals surface area contributed by atoms with Gasteiger partial charge in [-0.2, -0.15) is 0 Å². The summed E-state index contributed by atoms with van der Waals surface area (Å²) in [5.41, 5.74) is 1.19. The van der Waals surface area contributed by atoms with Gasteiger partial charge in [0.05, 0.1) is 6.04 Å². The van der Waals surface area contributed by atoms with Crippen molar-refractivity contribution < 1.29 is 9.21 Å². The Morgan fingerprint density at radius 2 is 2.20 bits per heavy atom. The number of pyridine rings is 1. The van der Waals surface area contributed by atoms with Gasteiger partial charge < -0.3 is 9.32 Å². The number of aryl methyl sites for hydroxylation is 1. The Kier molecular flexibility index (Phi) is 4.60. The van der Waals surface area contributed by atoms with Crippen LogP contribution in [0.4, 0.5) is 0 Å². The molecule has 132 valence electrons. The van der Waals surface area contributed by atoms with Crippen molar-refractivity contribution in [3.8, 4) is 0 Å². The number of rotatable bonds is 4. The summed E-state index contributed by atoms with van der Waals surface area (Å²) in [6.07, 6.45) is 9.98.